The number of rotatable bonds is 2. The first-order chi connectivity index (χ1) is 7.97. The average molecular weight is 250 g/mol. The van der Waals surface area contributed by atoms with Crippen LogP contribution in [0.3, 0.4) is 0 Å². The van der Waals surface area contributed by atoms with Crippen LogP contribution >= 0.6 is 12.6 Å². The minimum absolute atomic E-state index is 0.112. The van der Waals surface area contributed by atoms with E-state index in [0.29, 0.717) is 0 Å². The van der Waals surface area contributed by atoms with Gasteiger partial charge in [-0.1, -0.05) is 12.6 Å². The molecule has 0 unspecified atom stereocenters. The summed E-state index contributed by atoms with van der Waals surface area (Å²) in [5.41, 5.74) is 1.15. The molecule has 6 nitrogen and oxygen atoms in total. The summed E-state index contributed by atoms with van der Waals surface area (Å²) in [7, 11) is 0. The Kier molecular flexibility index (Phi) is 2.84. The van der Waals surface area contributed by atoms with E-state index >= 15 is 0 Å². The van der Waals surface area contributed by atoms with Crippen molar-refractivity contribution in [1.82, 2.24) is 19.5 Å². The third-order valence-electron chi connectivity index (χ3n) is 2.13. The number of H-pyrrole nitrogens is 1. The molecular weight excluding hydrogens is 240 g/mol. The summed E-state index contributed by atoms with van der Waals surface area (Å²) in [5, 5.41) is -0.509. The van der Waals surface area contributed by atoms with Gasteiger partial charge in [0.05, 0.1) is 0 Å². The minimum Gasteiger partial charge on any atom is -0.302 e. The van der Waals surface area contributed by atoms with Gasteiger partial charge in [0.15, 0.2) is 0 Å². The van der Waals surface area contributed by atoms with Crippen molar-refractivity contribution in [2.75, 3.05) is 0 Å². The maximum atomic E-state index is 11.6. The molecule has 0 aliphatic heterocycles. The fourth-order valence-electron chi connectivity index (χ4n) is 1.47. The molecule has 7 heteroatoms. The number of hydrogen-bond donors (Lipinski definition) is 2. The third-order valence-corrected chi connectivity index (χ3v) is 2.38. The van der Waals surface area contributed by atoms with E-state index in [0.717, 1.165) is 11.4 Å². The van der Waals surface area contributed by atoms with Crippen molar-refractivity contribution in [2.24, 2.45) is 0 Å². The summed E-state index contributed by atoms with van der Waals surface area (Å²) in [5.74, 6) is 0.240. The van der Waals surface area contributed by atoms with Gasteiger partial charge in [-0.05, 0) is 19.9 Å². The van der Waals surface area contributed by atoms with Gasteiger partial charge in [0.25, 0.3) is 0 Å². The number of nitrogens with zero attached hydrogens (tertiary/aromatic N) is 3. The van der Waals surface area contributed by atoms with Crippen LogP contribution < -0.4 is 5.69 Å². The number of aryl methyl sites for hydroxylation is 2. The molecule has 0 aliphatic carbocycles. The Balaban J connectivity index is 2.60. The van der Waals surface area contributed by atoms with Crippen molar-refractivity contribution in [3.63, 3.8) is 0 Å². The summed E-state index contributed by atoms with van der Waals surface area (Å²) in [6.45, 7) is 3.61. The lowest BCUT2D eigenvalue weighted by atomic mass is 10.4. The Morgan fingerprint density at radius 1 is 1.35 bits per heavy atom. The molecule has 88 valence electrons. The maximum Gasteiger partial charge on any atom is 0.333 e. The molecule has 0 aromatic carbocycles. The van der Waals surface area contributed by atoms with Gasteiger partial charge in [-0.2, -0.15) is 0 Å². The highest BCUT2D eigenvalue weighted by atomic mass is 32.1. The predicted octanol–water partition coefficient (Wildman–Crippen LogP) is 0.642. The molecule has 0 saturated heterocycles. The Morgan fingerprint density at radius 2 is 1.94 bits per heavy atom. The molecule has 0 atom stereocenters. The summed E-state index contributed by atoms with van der Waals surface area (Å²) in [6, 6.07) is 1.80. The van der Waals surface area contributed by atoms with Gasteiger partial charge in [-0.15, -0.1) is 0 Å². The second-order valence-electron chi connectivity index (χ2n) is 3.60. The molecule has 0 saturated carbocycles. The fourth-order valence-corrected chi connectivity index (χ4v) is 1.58. The van der Waals surface area contributed by atoms with Gasteiger partial charge in [0.1, 0.15) is 5.69 Å². The molecule has 2 aromatic rings. The fraction of sp³-hybridized carbons (Fsp3) is 0.200. The number of thiol groups is 1. The number of aromatic amines is 1. The highest BCUT2D eigenvalue weighted by Gasteiger charge is 2.11. The largest absolute Gasteiger partial charge is 0.333 e. The van der Waals surface area contributed by atoms with Crippen molar-refractivity contribution in [2.45, 2.75) is 13.8 Å². The normalized spacial score (nSPS) is 10.5. The van der Waals surface area contributed by atoms with Crippen molar-refractivity contribution >= 4 is 17.7 Å². The maximum absolute atomic E-state index is 11.6. The van der Waals surface area contributed by atoms with Gasteiger partial charge in [0, 0.05) is 17.6 Å². The van der Waals surface area contributed by atoms with Crippen LogP contribution in [0.5, 0.6) is 0 Å². The zero-order valence-electron chi connectivity index (χ0n) is 9.26. The smallest absolute Gasteiger partial charge is 0.302 e. The van der Waals surface area contributed by atoms with Gasteiger partial charge >= 0.3 is 5.69 Å². The Hall–Kier alpha value is -1.89. The van der Waals surface area contributed by atoms with Crippen LogP contribution in [0.25, 0.3) is 5.95 Å². The van der Waals surface area contributed by atoms with Gasteiger partial charge in [-0.3, -0.25) is 4.79 Å². The lowest BCUT2D eigenvalue weighted by Crippen LogP contribution is -2.17. The molecule has 1 N–H and O–H groups in total. The molecular formula is C10H10N4O2S. The lowest BCUT2D eigenvalue weighted by Gasteiger charge is -2.01. The van der Waals surface area contributed by atoms with E-state index in [4.69, 9.17) is 0 Å². The van der Waals surface area contributed by atoms with Crippen molar-refractivity contribution < 1.29 is 4.79 Å². The van der Waals surface area contributed by atoms with E-state index in [9.17, 15) is 9.59 Å². The number of nitrogens with one attached hydrogen (secondary N) is 1. The Bertz CT molecular complexity index is 624. The topological polar surface area (TPSA) is 80.6 Å². The van der Waals surface area contributed by atoms with Crippen molar-refractivity contribution in [1.29, 1.82) is 0 Å². The molecule has 0 bridgehead atoms. The van der Waals surface area contributed by atoms with Gasteiger partial charge in [-0.25, -0.2) is 19.3 Å². The highest BCUT2D eigenvalue weighted by molar-refractivity contribution is 7.97. The quantitative estimate of drug-likeness (QED) is 0.766. The van der Waals surface area contributed by atoms with E-state index < -0.39 is 10.8 Å². The Morgan fingerprint density at radius 3 is 2.41 bits per heavy atom. The molecule has 0 fully saturated rings. The van der Waals surface area contributed by atoms with E-state index in [1.807, 2.05) is 0 Å². The van der Waals surface area contributed by atoms with Crippen molar-refractivity contribution in [3.8, 4) is 5.95 Å². The summed E-state index contributed by atoms with van der Waals surface area (Å²) in [6.07, 6.45) is 1.34. The van der Waals surface area contributed by atoms with Crippen LogP contribution in [0, 0.1) is 13.8 Å². The molecule has 2 rings (SSSR count). The predicted molar refractivity (Wildman–Crippen MR) is 64.8 cm³/mol. The standard InChI is InChI=1S/C10H10N4O2S/c1-5-3-6(2)12-9(11-5)14-4-7(8(15)17)13-10(14)16/h3-4H,1-2H3,(H,13,16)(H,15,17). The number of hydrogen-bond acceptors (Lipinski definition) is 4. The van der Waals surface area contributed by atoms with E-state index in [-0.39, 0.29) is 11.6 Å². The van der Waals surface area contributed by atoms with E-state index in [1.165, 1.54) is 10.8 Å². The first kappa shape index (κ1) is 11.6. The third kappa shape index (κ3) is 2.28. The van der Waals surface area contributed by atoms with Crippen LogP contribution in [-0.4, -0.2) is 24.6 Å². The van der Waals surface area contributed by atoms with Crippen LogP contribution in [0.4, 0.5) is 0 Å². The summed E-state index contributed by atoms with van der Waals surface area (Å²) >= 11 is 3.64. The van der Waals surface area contributed by atoms with E-state index in [2.05, 4.69) is 27.6 Å². The summed E-state index contributed by atoms with van der Waals surface area (Å²) < 4.78 is 1.18. The number of carbonyl (C=O) groups is 1. The number of carbonyl (C=O) groups excluding carboxylic acids is 1. The molecule has 2 heterocycles. The SMILES string of the molecule is Cc1cc(C)nc(-n2cc(C(=O)S)[nH]c2=O)n1. The zero-order valence-corrected chi connectivity index (χ0v) is 10.2. The number of imidazole rings is 1. The molecule has 2 aromatic heterocycles. The van der Waals surface area contributed by atoms with Crippen molar-refractivity contribution in [3.05, 3.63) is 39.8 Å². The van der Waals surface area contributed by atoms with Crippen LogP contribution in [0.1, 0.15) is 21.9 Å². The second kappa shape index (κ2) is 4.17. The second-order valence-corrected chi connectivity index (χ2v) is 4.00. The zero-order chi connectivity index (χ0) is 12.6. The Labute approximate surface area is 102 Å². The van der Waals surface area contributed by atoms with Crippen LogP contribution in [0.2, 0.25) is 0 Å². The summed E-state index contributed by atoms with van der Waals surface area (Å²) in [4.78, 5) is 33.3. The molecule has 17 heavy (non-hydrogen) atoms. The van der Waals surface area contributed by atoms with Gasteiger partial charge in [0.2, 0.25) is 11.1 Å². The van der Waals surface area contributed by atoms with Gasteiger partial charge < -0.3 is 4.98 Å². The highest BCUT2D eigenvalue weighted by Crippen LogP contribution is 2.04. The lowest BCUT2D eigenvalue weighted by molar-refractivity contribution is 0.108. The first-order valence-corrected chi connectivity index (χ1v) is 5.29. The van der Waals surface area contributed by atoms with E-state index in [1.54, 1.807) is 19.9 Å². The minimum atomic E-state index is -0.509. The monoisotopic (exact) mass is 250 g/mol. The average Bonchev–Trinajstić information content (AvgIpc) is 2.59. The van der Waals surface area contributed by atoms with Crippen LogP contribution in [-0.2, 0) is 0 Å². The van der Waals surface area contributed by atoms with Crippen LogP contribution in [0.15, 0.2) is 17.1 Å². The molecule has 0 amide bonds. The molecule has 0 spiro atoms. The molecule has 0 aliphatic rings. The first-order valence-electron chi connectivity index (χ1n) is 4.85. The molecule has 0 radical (unpaired) electrons. The number of aromatic nitrogens is 4.